The number of hydrogen-bond acceptors (Lipinski definition) is 6. The van der Waals surface area contributed by atoms with Crippen molar-refractivity contribution >= 4 is 34.9 Å². The van der Waals surface area contributed by atoms with E-state index in [0.29, 0.717) is 29.4 Å². The molecule has 0 bridgehead atoms. The molecule has 1 aromatic carbocycles. The van der Waals surface area contributed by atoms with Crippen molar-refractivity contribution in [3.63, 3.8) is 0 Å². The van der Waals surface area contributed by atoms with Crippen molar-refractivity contribution in [1.82, 2.24) is 10.3 Å². The van der Waals surface area contributed by atoms with Crippen molar-refractivity contribution in [1.29, 1.82) is 0 Å². The molecule has 2 aromatic rings. The molecule has 8 nitrogen and oxygen atoms in total. The zero-order valence-electron chi connectivity index (χ0n) is 16.1. The molecule has 1 aliphatic rings. The van der Waals surface area contributed by atoms with Crippen LogP contribution in [0, 0.1) is 0 Å². The Morgan fingerprint density at radius 3 is 2.55 bits per heavy atom. The number of nitrogens with two attached hydrogens (primary N) is 1. The van der Waals surface area contributed by atoms with Crippen LogP contribution in [0.15, 0.2) is 49.1 Å². The van der Waals surface area contributed by atoms with E-state index >= 15 is 0 Å². The lowest BCUT2D eigenvalue weighted by Crippen LogP contribution is -2.36. The molecule has 0 aliphatic carbocycles. The number of hydrogen-bond donors (Lipinski definition) is 3. The molecule has 0 spiro atoms. The predicted octanol–water partition coefficient (Wildman–Crippen LogP) is 2.01. The first-order valence-electron chi connectivity index (χ1n) is 9.24. The summed E-state index contributed by atoms with van der Waals surface area (Å²) in [6, 6.07) is 10.3. The summed E-state index contributed by atoms with van der Waals surface area (Å²) >= 11 is 0. The molecule has 1 aromatic heterocycles. The fourth-order valence-corrected chi connectivity index (χ4v) is 3.19. The normalized spacial score (nSPS) is 15.6. The first-order chi connectivity index (χ1) is 13.9. The highest BCUT2D eigenvalue weighted by Crippen LogP contribution is 2.25. The molecule has 1 aliphatic heterocycles. The Labute approximate surface area is 168 Å². The minimum absolute atomic E-state index is 0.00801. The Morgan fingerprint density at radius 1 is 1.21 bits per heavy atom. The number of benzene rings is 1. The lowest BCUT2D eigenvalue weighted by molar-refractivity contribution is -0.117. The number of nitrogens with zero attached hydrogens (tertiary/aromatic N) is 2. The summed E-state index contributed by atoms with van der Waals surface area (Å²) in [6.07, 6.45) is 2.04. The van der Waals surface area contributed by atoms with Crippen LogP contribution in [-0.4, -0.2) is 41.7 Å². The van der Waals surface area contributed by atoms with E-state index in [2.05, 4.69) is 22.2 Å². The highest BCUT2D eigenvalue weighted by Gasteiger charge is 2.25. The fourth-order valence-electron chi connectivity index (χ4n) is 3.19. The first kappa shape index (κ1) is 20.1. The van der Waals surface area contributed by atoms with E-state index in [1.54, 1.807) is 36.4 Å². The number of rotatable bonds is 7. The van der Waals surface area contributed by atoms with E-state index in [9.17, 15) is 14.4 Å². The Kier molecular flexibility index (Phi) is 5.92. The number of carbonyl (C=O) groups excluding carboxylic acids is 3. The molecule has 29 heavy (non-hydrogen) atoms. The molecular formula is C21H23N5O3. The monoisotopic (exact) mass is 393 g/mol. The molecule has 3 rings (SSSR count). The number of pyridine rings is 1. The second-order valence-electron chi connectivity index (χ2n) is 6.83. The summed E-state index contributed by atoms with van der Waals surface area (Å²) in [5, 5.41) is 5.99. The zero-order chi connectivity index (χ0) is 21.0. The van der Waals surface area contributed by atoms with Gasteiger partial charge in [-0.05, 0) is 55.8 Å². The molecule has 1 atom stereocenters. The second kappa shape index (κ2) is 8.55. The average molecular weight is 393 g/mol. The minimum atomic E-state index is -0.593. The Morgan fingerprint density at radius 2 is 1.93 bits per heavy atom. The number of nitrogens with one attached hydrogen (secondary N) is 2. The van der Waals surface area contributed by atoms with Crippen LogP contribution in [0.25, 0.3) is 0 Å². The van der Waals surface area contributed by atoms with Gasteiger partial charge in [0.2, 0.25) is 5.91 Å². The number of ketones is 1. The van der Waals surface area contributed by atoms with Gasteiger partial charge in [-0.15, -0.1) is 0 Å². The van der Waals surface area contributed by atoms with Crippen molar-refractivity contribution in [2.75, 3.05) is 23.3 Å². The van der Waals surface area contributed by atoms with Gasteiger partial charge in [0.05, 0.1) is 5.56 Å². The van der Waals surface area contributed by atoms with Crippen LogP contribution in [0.2, 0.25) is 0 Å². The highest BCUT2D eigenvalue weighted by molar-refractivity contribution is 5.99. The Balaban J connectivity index is 1.81. The van der Waals surface area contributed by atoms with Crippen LogP contribution in [0.5, 0.6) is 0 Å². The summed E-state index contributed by atoms with van der Waals surface area (Å²) in [5.74, 6) is 0.189. The molecular weight excluding hydrogens is 370 g/mol. The van der Waals surface area contributed by atoms with Crippen LogP contribution in [-0.2, 0) is 4.79 Å². The predicted molar refractivity (Wildman–Crippen MR) is 111 cm³/mol. The van der Waals surface area contributed by atoms with Gasteiger partial charge >= 0.3 is 0 Å². The third-order valence-corrected chi connectivity index (χ3v) is 4.74. The van der Waals surface area contributed by atoms with Crippen LogP contribution >= 0.6 is 0 Å². The Bertz CT molecular complexity index is 955. The number of anilines is 3. The SMILES string of the molecule is C=CC(=O)N[C@H]1CCN(c2ccc(C(N)=O)c(Nc3ccc(C(C)=O)cc3)n2)C1. The van der Waals surface area contributed by atoms with Crippen LogP contribution in [0.4, 0.5) is 17.3 Å². The summed E-state index contributed by atoms with van der Waals surface area (Å²) in [7, 11) is 0. The molecule has 0 saturated carbocycles. The van der Waals surface area contributed by atoms with Crippen molar-refractivity contribution in [3.05, 3.63) is 60.2 Å². The number of carbonyl (C=O) groups is 3. The minimum Gasteiger partial charge on any atom is -0.365 e. The number of amides is 2. The maximum absolute atomic E-state index is 11.8. The maximum atomic E-state index is 11.8. The number of aromatic nitrogens is 1. The van der Waals surface area contributed by atoms with Crippen molar-refractivity contribution in [2.45, 2.75) is 19.4 Å². The summed E-state index contributed by atoms with van der Waals surface area (Å²) in [4.78, 5) is 41.4. The lowest BCUT2D eigenvalue weighted by Gasteiger charge is -2.20. The second-order valence-corrected chi connectivity index (χ2v) is 6.83. The van der Waals surface area contributed by atoms with Gasteiger partial charge in [-0.2, -0.15) is 0 Å². The molecule has 1 fully saturated rings. The topological polar surface area (TPSA) is 117 Å². The van der Waals surface area contributed by atoms with Crippen LogP contribution < -0.4 is 21.3 Å². The van der Waals surface area contributed by atoms with Crippen LogP contribution in [0.1, 0.15) is 34.1 Å². The van der Waals surface area contributed by atoms with Crippen molar-refractivity contribution in [3.8, 4) is 0 Å². The van der Waals surface area contributed by atoms with Gasteiger partial charge in [-0.25, -0.2) is 4.98 Å². The third kappa shape index (κ3) is 4.78. The molecule has 1 saturated heterocycles. The smallest absolute Gasteiger partial charge is 0.252 e. The van der Waals surface area contributed by atoms with Gasteiger partial charge in [-0.3, -0.25) is 14.4 Å². The van der Waals surface area contributed by atoms with E-state index in [-0.39, 0.29) is 23.3 Å². The van der Waals surface area contributed by atoms with Gasteiger partial charge in [0, 0.05) is 30.4 Å². The van der Waals surface area contributed by atoms with Gasteiger partial charge < -0.3 is 21.3 Å². The number of primary amides is 1. The molecule has 150 valence electrons. The fraction of sp³-hybridized carbons (Fsp3) is 0.238. The van der Waals surface area contributed by atoms with Crippen molar-refractivity contribution in [2.24, 2.45) is 5.73 Å². The summed E-state index contributed by atoms with van der Waals surface area (Å²) in [6.45, 7) is 6.29. The lowest BCUT2D eigenvalue weighted by atomic mass is 10.1. The first-order valence-corrected chi connectivity index (χ1v) is 9.24. The molecule has 8 heteroatoms. The molecule has 4 N–H and O–H groups in total. The van der Waals surface area contributed by atoms with Gasteiger partial charge in [0.1, 0.15) is 11.6 Å². The van der Waals surface area contributed by atoms with E-state index in [1.165, 1.54) is 13.0 Å². The zero-order valence-corrected chi connectivity index (χ0v) is 16.1. The van der Waals surface area contributed by atoms with Gasteiger partial charge in [-0.1, -0.05) is 6.58 Å². The number of Topliss-reactive ketones (excluding diaryl/α,β-unsaturated/α-hetero) is 1. The molecule has 2 amide bonds. The quantitative estimate of drug-likeness (QED) is 0.489. The highest BCUT2D eigenvalue weighted by atomic mass is 16.2. The van der Waals surface area contributed by atoms with E-state index < -0.39 is 5.91 Å². The van der Waals surface area contributed by atoms with E-state index in [0.717, 1.165) is 13.0 Å². The van der Waals surface area contributed by atoms with E-state index in [1.807, 2.05) is 4.90 Å². The molecule has 0 unspecified atom stereocenters. The largest absolute Gasteiger partial charge is 0.365 e. The molecule has 0 radical (unpaired) electrons. The van der Waals surface area contributed by atoms with Crippen LogP contribution in [0.3, 0.4) is 0 Å². The Hall–Kier alpha value is -3.68. The van der Waals surface area contributed by atoms with Gasteiger partial charge in [0.15, 0.2) is 5.78 Å². The van der Waals surface area contributed by atoms with E-state index in [4.69, 9.17) is 5.73 Å². The summed E-state index contributed by atoms with van der Waals surface area (Å²) < 4.78 is 0. The average Bonchev–Trinajstić information content (AvgIpc) is 3.16. The molecule has 2 heterocycles. The summed E-state index contributed by atoms with van der Waals surface area (Å²) in [5.41, 5.74) is 7.03. The standard InChI is InChI=1S/C21H23N5O3/c1-3-19(28)23-16-10-11-26(12-16)18-9-8-17(20(22)29)21(25-18)24-15-6-4-14(5-7-15)13(2)27/h3-9,16H,1,10-12H2,2H3,(H2,22,29)(H,23,28)(H,24,25)/t16-/m0/s1. The van der Waals surface area contributed by atoms with Crippen molar-refractivity contribution < 1.29 is 14.4 Å². The third-order valence-electron chi connectivity index (χ3n) is 4.74. The maximum Gasteiger partial charge on any atom is 0.252 e. The van der Waals surface area contributed by atoms with Gasteiger partial charge in [0.25, 0.3) is 5.91 Å².